The van der Waals surface area contributed by atoms with Gasteiger partial charge in [-0.05, 0) is 19.8 Å². The third kappa shape index (κ3) is 2.03. The molecule has 18 heavy (non-hydrogen) atoms. The van der Waals surface area contributed by atoms with E-state index < -0.39 is 0 Å². The van der Waals surface area contributed by atoms with E-state index in [0.29, 0.717) is 5.92 Å². The number of nitrogens with one attached hydrogen (secondary N) is 1. The maximum atomic E-state index is 9.77. The van der Waals surface area contributed by atoms with Crippen LogP contribution < -0.4 is 5.32 Å². The molecular formula is C12H17N5O. The quantitative estimate of drug-likeness (QED) is 0.846. The summed E-state index contributed by atoms with van der Waals surface area (Å²) in [4.78, 5) is 4.45. The molecule has 2 atom stereocenters. The molecule has 6 heteroatoms. The van der Waals surface area contributed by atoms with E-state index in [1.54, 1.807) is 6.33 Å². The molecule has 2 N–H and O–H groups in total. The monoisotopic (exact) mass is 247 g/mol. The van der Waals surface area contributed by atoms with Gasteiger partial charge in [0.1, 0.15) is 18.0 Å². The summed E-state index contributed by atoms with van der Waals surface area (Å²) in [7, 11) is 0. The van der Waals surface area contributed by atoms with Crippen molar-refractivity contribution in [2.24, 2.45) is 5.92 Å². The van der Waals surface area contributed by atoms with E-state index >= 15 is 0 Å². The smallest absolute Gasteiger partial charge is 0.165 e. The summed E-state index contributed by atoms with van der Waals surface area (Å²) in [5.41, 5.74) is 0.789. The lowest BCUT2D eigenvalue weighted by atomic mass is 10.1. The highest BCUT2D eigenvalue weighted by Gasteiger charge is 2.24. The van der Waals surface area contributed by atoms with E-state index in [-0.39, 0.29) is 6.10 Å². The van der Waals surface area contributed by atoms with Crippen LogP contribution in [0, 0.1) is 12.8 Å². The van der Waals surface area contributed by atoms with E-state index in [1.807, 2.05) is 17.4 Å². The van der Waals surface area contributed by atoms with Crippen LogP contribution in [0.25, 0.3) is 5.65 Å². The predicted molar refractivity (Wildman–Crippen MR) is 67.4 cm³/mol. The Morgan fingerprint density at radius 3 is 3.17 bits per heavy atom. The number of aryl methyl sites for hydroxylation is 1. The second kappa shape index (κ2) is 4.53. The number of hydrogen-bond acceptors (Lipinski definition) is 5. The van der Waals surface area contributed by atoms with Crippen LogP contribution in [0.2, 0.25) is 0 Å². The molecule has 0 aromatic carbocycles. The van der Waals surface area contributed by atoms with Crippen LogP contribution in [-0.4, -0.2) is 37.3 Å². The zero-order valence-electron chi connectivity index (χ0n) is 10.4. The van der Waals surface area contributed by atoms with Gasteiger partial charge < -0.3 is 10.4 Å². The van der Waals surface area contributed by atoms with E-state index in [4.69, 9.17) is 0 Å². The lowest BCUT2D eigenvalue weighted by molar-refractivity contribution is 0.138. The standard InChI is InChI=1S/C12H17N5O/c1-8-15-11(5-12-16-14-7-17(8)12)13-6-9-3-2-4-10(9)18/h5,7,9-10,13,18H,2-4,6H2,1H3/t9-,10+/m1/s1. The minimum atomic E-state index is -0.171. The molecule has 0 bridgehead atoms. The summed E-state index contributed by atoms with van der Waals surface area (Å²) < 4.78 is 1.84. The van der Waals surface area contributed by atoms with Crippen molar-refractivity contribution in [3.05, 3.63) is 18.2 Å². The van der Waals surface area contributed by atoms with Gasteiger partial charge >= 0.3 is 0 Å². The molecule has 0 radical (unpaired) electrons. The number of rotatable bonds is 3. The second-order valence-electron chi connectivity index (χ2n) is 4.89. The van der Waals surface area contributed by atoms with E-state index in [2.05, 4.69) is 20.5 Å². The molecule has 1 aliphatic carbocycles. The maximum Gasteiger partial charge on any atom is 0.165 e. The SMILES string of the molecule is Cc1nc(NC[C@H]2CCC[C@@H]2O)cc2nncn12. The van der Waals surface area contributed by atoms with Gasteiger partial charge in [0, 0.05) is 18.5 Å². The molecule has 3 rings (SSSR count). The van der Waals surface area contributed by atoms with Crippen LogP contribution in [0.5, 0.6) is 0 Å². The minimum absolute atomic E-state index is 0.171. The Labute approximate surface area is 105 Å². The molecule has 0 aliphatic heterocycles. The Kier molecular flexibility index (Phi) is 2.87. The Bertz CT molecular complexity index is 552. The van der Waals surface area contributed by atoms with Gasteiger partial charge in [0.2, 0.25) is 0 Å². The highest BCUT2D eigenvalue weighted by Crippen LogP contribution is 2.25. The van der Waals surface area contributed by atoms with Crippen molar-refractivity contribution < 1.29 is 5.11 Å². The first-order chi connectivity index (χ1) is 8.74. The van der Waals surface area contributed by atoms with Gasteiger partial charge in [-0.1, -0.05) is 6.42 Å². The number of anilines is 1. The Morgan fingerprint density at radius 2 is 2.39 bits per heavy atom. The lowest BCUT2D eigenvalue weighted by Crippen LogP contribution is -2.22. The maximum absolute atomic E-state index is 9.77. The van der Waals surface area contributed by atoms with Gasteiger partial charge in [-0.15, -0.1) is 10.2 Å². The summed E-state index contributed by atoms with van der Waals surface area (Å²) in [6, 6.07) is 1.88. The number of hydrogen-bond donors (Lipinski definition) is 2. The molecule has 2 aromatic rings. The number of fused-ring (bicyclic) bond motifs is 1. The molecule has 0 unspecified atom stereocenters. The van der Waals surface area contributed by atoms with E-state index in [1.165, 1.54) is 0 Å². The fourth-order valence-electron chi connectivity index (χ4n) is 2.56. The molecule has 2 heterocycles. The Balaban J connectivity index is 1.74. The zero-order valence-corrected chi connectivity index (χ0v) is 10.4. The first-order valence-corrected chi connectivity index (χ1v) is 6.33. The molecule has 2 aromatic heterocycles. The summed E-state index contributed by atoms with van der Waals surface area (Å²) in [6.45, 7) is 2.68. The highest BCUT2D eigenvalue weighted by atomic mass is 16.3. The van der Waals surface area contributed by atoms with Gasteiger partial charge in [0.15, 0.2) is 5.65 Å². The zero-order chi connectivity index (χ0) is 12.5. The van der Waals surface area contributed by atoms with Crippen molar-refractivity contribution in [1.29, 1.82) is 0 Å². The molecule has 1 aliphatic rings. The van der Waals surface area contributed by atoms with Crippen LogP contribution in [0.15, 0.2) is 12.4 Å². The van der Waals surface area contributed by atoms with Crippen molar-refractivity contribution >= 4 is 11.5 Å². The first kappa shape index (κ1) is 11.4. The molecule has 96 valence electrons. The number of aromatic nitrogens is 4. The van der Waals surface area contributed by atoms with Gasteiger partial charge in [-0.2, -0.15) is 0 Å². The van der Waals surface area contributed by atoms with Crippen molar-refractivity contribution in [3.63, 3.8) is 0 Å². The number of nitrogens with zero attached hydrogens (tertiary/aromatic N) is 4. The molecule has 1 saturated carbocycles. The average Bonchev–Trinajstić information content (AvgIpc) is 2.95. The van der Waals surface area contributed by atoms with Crippen LogP contribution in [0.3, 0.4) is 0 Å². The lowest BCUT2D eigenvalue weighted by Gasteiger charge is -2.15. The van der Waals surface area contributed by atoms with E-state index in [9.17, 15) is 5.11 Å². The third-order valence-corrected chi connectivity index (χ3v) is 3.64. The molecule has 6 nitrogen and oxygen atoms in total. The number of aliphatic hydroxyl groups is 1. The summed E-state index contributed by atoms with van der Waals surface area (Å²) in [5, 5.41) is 20.9. The fraction of sp³-hybridized carbons (Fsp3) is 0.583. The molecule has 0 amide bonds. The van der Waals surface area contributed by atoms with Crippen molar-refractivity contribution in [1.82, 2.24) is 19.6 Å². The van der Waals surface area contributed by atoms with Crippen LogP contribution in [-0.2, 0) is 0 Å². The predicted octanol–water partition coefficient (Wildman–Crippen LogP) is 1.01. The van der Waals surface area contributed by atoms with Crippen LogP contribution >= 0.6 is 0 Å². The van der Waals surface area contributed by atoms with Crippen molar-refractivity contribution in [3.8, 4) is 0 Å². The first-order valence-electron chi connectivity index (χ1n) is 6.33. The van der Waals surface area contributed by atoms with Gasteiger partial charge in [0.05, 0.1) is 6.10 Å². The summed E-state index contributed by atoms with van der Waals surface area (Å²) in [6.07, 6.45) is 4.60. The van der Waals surface area contributed by atoms with E-state index in [0.717, 1.165) is 43.1 Å². The summed E-state index contributed by atoms with van der Waals surface area (Å²) >= 11 is 0. The Morgan fingerprint density at radius 1 is 1.50 bits per heavy atom. The molecular weight excluding hydrogens is 230 g/mol. The third-order valence-electron chi connectivity index (χ3n) is 3.64. The molecule has 1 fully saturated rings. The molecule has 0 spiro atoms. The highest BCUT2D eigenvalue weighted by molar-refractivity contribution is 5.49. The van der Waals surface area contributed by atoms with Crippen molar-refractivity contribution in [2.45, 2.75) is 32.3 Å². The van der Waals surface area contributed by atoms with Crippen LogP contribution in [0.4, 0.5) is 5.82 Å². The topological polar surface area (TPSA) is 75.3 Å². The van der Waals surface area contributed by atoms with Crippen molar-refractivity contribution in [2.75, 3.05) is 11.9 Å². The van der Waals surface area contributed by atoms with Gasteiger partial charge in [-0.25, -0.2) is 4.98 Å². The van der Waals surface area contributed by atoms with Gasteiger partial charge in [0.25, 0.3) is 0 Å². The average molecular weight is 247 g/mol. The van der Waals surface area contributed by atoms with Gasteiger partial charge in [-0.3, -0.25) is 4.40 Å². The minimum Gasteiger partial charge on any atom is -0.393 e. The fourth-order valence-corrected chi connectivity index (χ4v) is 2.56. The van der Waals surface area contributed by atoms with Crippen LogP contribution in [0.1, 0.15) is 25.1 Å². The normalized spacial score (nSPS) is 23.7. The Hall–Kier alpha value is -1.69. The number of aliphatic hydroxyl groups excluding tert-OH is 1. The molecule has 0 saturated heterocycles. The second-order valence-corrected chi connectivity index (χ2v) is 4.89. The summed E-state index contributed by atoms with van der Waals surface area (Å²) in [5.74, 6) is 1.99. The largest absolute Gasteiger partial charge is 0.393 e.